The third-order valence-corrected chi connectivity index (χ3v) is 15.2. The average Bonchev–Trinajstić information content (AvgIpc) is 4.00. The van der Waals surface area contributed by atoms with Crippen LogP contribution in [0, 0.1) is 0 Å². The summed E-state index contributed by atoms with van der Waals surface area (Å²) in [4.78, 5) is 16.9. The van der Waals surface area contributed by atoms with Gasteiger partial charge in [0.2, 0.25) is 5.95 Å². The normalized spacial score (nSPS) is 12.9. The highest BCUT2D eigenvalue weighted by Gasteiger charge is 2.27. The molecule has 4 heterocycles. The monoisotopic (exact) mass is 953 g/mol. The molecule has 0 bridgehead atoms. The quantitative estimate of drug-likeness (QED) is 0.173. The summed E-state index contributed by atoms with van der Waals surface area (Å²) < 4.78 is 7.07. The van der Waals surface area contributed by atoms with E-state index in [1.165, 1.54) is 54.6 Å². The lowest BCUT2D eigenvalue weighted by Gasteiger charge is -2.19. The van der Waals surface area contributed by atoms with Crippen LogP contribution in [0.2, 0.25) is 0 Å². The molecule has 0 spiro atoms. The molecule has 0 unspecified atom stereocenters. The molecule has 6 nitrogen and oxygen atoms in total. The van der Waals surface area contributed by atoms with Gasteiger partial charge in [-0.15, -0.1) is 0 Å². The van der Waals surface area contributed by atoms with Crippen LogP contribution in [0.15, 0.2) is 170 Å². The number of aromatic nitrogens is 6. The SMILES string of the molecule is CC(C)(C)c1ccc2c(c1)c1cc(C(C)(C)C)ccc1n2-c1nc(-c2ccccc2-n2c3ccccc3c3ccccc32)nc(-c2ccccc2-n2c3ccc(C(C)(C)C)cc3c3cc(C(C)(C)C)ccc32)n1. The van der Waals surface area contributed by atoms with Gasteiger partial charge in [0.15, 0.2) is 11.6 Å². The number of hydrogen-bond acceptors (Lipinski definition) is 3. The summed E-state index contributed by atoms with van der Waals surface area (Å²) in [7, 11) is 0. The van der Waals surface area contributed by atoms with E-state index in [-0.39, 0.29) is 21.7 Å². The van der Waals surface area contributed by atoms with Gasteiger partial charge in [0.1, 0.15) is 0 Å². The molecule has 0 saturated carbocycles. The van der Waals surface area contributed by atoms with Crippen LogP contribution in [-0.4, -0.2) is 28.7 Å². The lowest BCUT2D eigenvalue weighted by atomic mass is 9.85. The van der Waals surface area contributed by atoms with Gasteiger partial charge in [0.05, 0.1) is 44.5 Å². The Kier molecular flexibility index (Phi) is 10.4. The van der Waals surface area contributed by atoms with E-state index in [4.69, 9.17) is 15.0 Å². The molecule has 73 heavy (non-hydrogen) atoms. The van der Waals surface area contributed by atoms with Crippen LogP contribution in [0.3, 0.4) is 0 Å². The molecule has 0 aliphatic rings. The molecule has 0 saturated heterocycles. The van der Waals surface area contributed by atoms with Crippen LogP contribution >= 0.6 is 0 Å². The summed E-state index contributed by atoms with van der Waals surface area (Å²) in [5.41, 5.74) is 15.5. The van der Waals surface area contributed by atoms with Gasteiger partial charge in [-0.05, 0) is 129 Å². The topological polar surface area (TPSA) is 53.5 Å². The van der Waals surface area contributed by atoms with E-state index in [1.807, 2.05) is 0 Å². The van der Waals surface area contributed by atoms with Crippen molar-refractivity contribution in [1.82, 2.24) is 28.7 Å². The van der Waals surface area contributed by atoms with Crippen molar-refractivity contribution in [3.05, 3.63) is 192 Å². The van der Waals surface area contributed by atoms with Crippen molar-refractivity contribution in [3.63, 3.8) is 0 Å². The number of fused-ring (bicyclic) bond motifs is 9. The predicted octanol–water partition coefficient (Wildman–Crippen LogP) is 17.7. The lowest BCUT2D eigenvalue weighted by molar-refractivity contribution is 0.590. The van der Waals surface area contributed by atoms with E-state index in [2.05, 4.69) is 267 Å². The Morgan fingerprint density at radius 2 is 0.562 bits per heavy atom. The Labute approximate surface area is 429 Å². The third kappa shape index (κ3) is 7.64. The molecule has 12 aromatic rings. The van der Waals surface area contributed by atoms with Crippen LogP contribution in [0.25, 0.3) is 106 Å². The number of nitrogens with zero attached hydrogens (tertiary/aromatic N) is 6. The molecule has 0 radical (unpaired) electrons. The van der Waals surface area contributed by atoms with Gasteiger partial charge in [-0.2, -0.15) is 9.97 Å². The maximum absolute atomic E-state index is 5.65. The molecule has 0 aliphatic heterocycles. The maximum atomic E-state index is 5.65. The Balaban J connectivity index is 1.18. The summed E-state index contributed by atoms with van der Waals surface area (Å²) in [6.45, 7) is 27.5. The zero-order chi connectivity index (χ0) is 50.9. The molecule has 6 heteroatoms. The van der Waals surface area contributed by atoms with E-state index < -0.39 is 0 Å². The van der Waals surface area contributed by atoms with Gasteiger partial charge in [0, 0.05) is 43.4 Å². The summed E-state index contributed by atoms with van der Waals surface area (Å²) in [5, 5.41) is 7.22. The van der Waals surface area contributed by atoms with Crippen LogP contribution in [0.4, 0.5) is 0 Å². The predicted molar refractivity (Wildman–Crippen MR) is 309 cm³/mol. The van der Waals surface area contributed by atoms with Crippen molar-refractivity contribution in [1.29, 1.82) is 0 Å². The summed E-state index contributed by atoms with van der Waals surface area (Å²) in [6.07, 6.45) is 0. The first-order valence-electron chi connectivity index (χ1n) is 25.9. The van der Waals surface area contributed by atoms with Gasteiger partial charge in [0.25, 0.3) is 0 Å². The fourth-order valence-corrected chi connectivity index (χ4v) is 11.0. The highest BCUT2D eigenvalue weighted by Crippen LogP contribution is 2.43. The van der Waals surface area contributed by atoms with Crippen molar-refractivity contribution in [2.75, 3.05) is 0 Å². The van der Waals surface area contributed by atoms with Gasteiger partial charge < -0.3 is 9.13 Å². The van der Waals surface area contributed by atoms with Crippen molar-refractivity contribution in [3.8, 4) is 40.1 Å². The molecule has 0 amide bonds. The summed E-state index contributed by atoms with van der Waals surface area (Å²) in [6, 6.07) is 62.5. The zero-order valence-corrected chi connectivity index (χ0v) is 44.3. The molecule has 0 aliphatic carbocycles. The van der Waals surface area contributed by atoms with Gasteiger partial charge >= 0.3 is 0 Å². The minimum absolute atomic E-state index is 0.0230. The third-order valence-electron chi connectivity index (χ3n) is 15.2. The average molecular weight is 953 g/mol. The maximum Gasteiger partial charge on any atom is 0.238 e. The van der Waals surface area contributed by atoms with Crippen LogP contribution in [0.1, 0.15) is 105 Å². The first-order chi connectivity index (χ1) is 34.7. The second-order valence-corrected chi connectivity index (χ2v) is 24.3. The summed E-state index contributed by atoms with van der Waals surface area (Å²) >= 11 is 0. The summed E-state index contributed by atoms with van der Waals surface area (Å²) in [5.74, 6) is 1.74. The Hall–Kier alpha value is -7.83. The first kappa shape index (κ1) is 46.3. The highest BCUT2D eigenvalue weighted by atomic mass is 15.2. The van der Waals surface area contributed by atoms with Gasteiger partial charge in [-0.1, -0.05) is 168 Å². The molecular weight excluding hydrogens is 889 g/mol. The highest BCUT2D eigenvalue weighted by molar-refractivity contribution is 6.12. The smallest absolute Gasteiger partial charge is 0.238 e. The molecule has 0 N–H and O–H groups in total. The Morgan fingerprint density at radius 3 is 0.904 bits per heavy atom. The number of benzene rings is 8. The van der Waals surface area contributed by atoms with Crippen molar-refractivity contribution in [2.45, 2.75) is 105 Å². The van der Waals surface area contributed by atoms with E-state index >= 15 is 0 Å². The second kappa shape index (κ2) is 16.3. The van der Waals surface area contributed by atoms with E-state index in [0.717, 1.165) is 55.6 Å². The van der Waals surface area contributed by atoms with Crippen LogP contribution < -0.4 is 0 Å². The number of para-hydroxylation sites is 4. The minimum atomic E-state index is -0.0482. The first-order valence-corrected chi connectivity index (χ1v) is 25.9. The molecule has 12 rings (SSSR count). The fraction of sp³-hybridized carbons (Fsp3) is 0.239. The van der Waals surface area contributed by atoms with E-state index in [1.54, 1.807) is 0 Å². The fourth-order valence-electron chi connectivity index (χ4n) is 11.0. The van der Waals surface area contributed by atoms with E-state index in [9.17, 15) is 0 Å². The minimum Gasteiger partial charge on any atom is -0.309 e. The second-order valence-electron chi connectivity index (χ2n) is 24.3. The van der Waals surface area contributed by atoms with Crippen LogP contribution in [-0.2, 0) is 21.7 Å². The molecule has 0 fully saturated rings. The van der Waals surface area contributed by atoms with Gasteiger partial charge in [-0.25, -0.2) is 4.98 Å². The van der Waals surface area contributed by atoms with Crippen molar-refractivity contribution < 1.29 is 0 Å². The van der Waals surface area contributed by atoms with Crippen molar-refractivity contribution in [2.24, 2.45) is 0 Å². The van der Waals surface area contributed by atoms with E-state index in [0.29, 0.717) is 17.6 Å². The lowest BCUT2D eigenvalue weighted by Crippen LogP contribution is -2.11. The molecule has 0 atom stereocenters. The Bertz CT molecular complexity index is 3990. The van der Waals surface area contributed by atoms with Crippen molar-refractivity contribution >= 4 is 65.4 Å². The molecule has 362 valence electrons. The number of hydrogen-bond donors (Lipinski definition) is 0. The Morgan fingerprint density at radius 1 is 0.274 bits per heavy atom. The number of rotatable bonds is 5. The zero-order valence-electron chi connectivity index (χ0n) is 44.3. The molecular formula is C67H64N6. The standard InChI is InChI=1S/C67H64N6/c1-64(2,3)41-29-33-57-49(37-41)50-38-42(65(4,5)6)30-34-58(50)72(57)56-28-20-16-24-48(56)62-68-61(47-23-15-19-27-55(47)71-53-25-17-13-21-45(53)46-22-14-18-26-54(46)71)69-63(70-62)73-59-35-31-43(66(7,8)9)39-51(59)52-40-44(67(10,11)12)32-36-60(52)73/h13-40H,1-12H3. The van der Waals surface area contributed by atoms with Crippen LogP contribution in [0.5, 0.6) is 0 Å². The largest absolute Gasteiger partial charge is 0.309 e. The molecule has 4 aromatic heterocycles. The molecule has 8 aromatic carbocycles. The van der Waals surface area contributed by atoms with Gasteiger partial charge in [-0.3, -0.25) is 4.57 Å².